The lowest BCUT2D eigenvalue weighted by molar-refractivity contribution is 0.00133. The van der Waals surface area contributed by atoms with Crippen molar-refractivity contribution < 1.29 is 19.1 Å². The van der Waals surface area contributed by atoms with Crippen molar-refractivity contribution in [2.45, 2.75) is 72.0 Å². The van der Waals surface area contributed by atoms with E-state index in [4.69, 9.17) is 15.2 Å². The van der Waals surface area contributed by atoms with E-state index in [1.807, 2.05) is 0 Å². The quantitative estimate of drug-likeness (QED) is 0.657. The second-order valence-electron chi connectivity index (χ2n) is 7.71. The van der Waals surface area contributed by atoms with Crippen LogP contribution >= 0.6 is 0 Å². The van der Waals surface area contributed by atoms with Crippen LogP contribution in [-0.2, 0) is 9.47 Å². The molecule has 0 spiro atoms. The molecule has 0 heterocycles. The first kappa shape index (κ1) is 22.7. The van der Waals surface area contributed by atoms with Crippen molar-refractivity contribution in [1.82, 2.24) is 10.2 Å². The molecule has 0 saturated carbocycles. The van der Waals surface area contributed by atoms with Crippen molar-refractivity contribution >= 4 is 12.2 Å². The molecule has 24 heavy (non-hydrogen) atoms. The summed E-state index contributed by atoms with van der Waals surface area (Å²) < 4.78 is 10.6. The first-order valence-corrected chi connectivity index (χ1v) is 8.60. The molecule has 0 rings (SSSR count). The number of carbonyl (C=O) groups excluding carboxylic acids is 2. The summed E-state index contributed by atoms with van der Waals surface area (Å²) in [5.74, 6) is 0. The van der Waals surface area contributed by atoms with E-state index in [0.29, 0.717) is 19.5 Å². The Morgan fingerprint density at radius 1 is 0.875 bits per heavy atom. The first-order valence-electron chi connectivity index (χ1n) is 8.60. The van der Waals surface area contributed by atoms with E-state index < -0.39 is 23.4 Å². The molecule has 0 aliphatic carbocycles. The molecule has 0 aromatic heterocycles. The SMILES string of the molecule is CC(C)(C)OC(=O)N(CCCNCCCCN)C(=O)OC(C)(C)C. The fraction of sp³-hybridized carbons (Fsp3) is 0.882. The third-order valence-electron chi connectivity index (χ3n) is 2.77. The van der Waals surface area contributed by atoms with Gasteiger partial charge in [0.05, 0.1) is 0 Å². The molecule has 0 aliphatic heterocycles. The fourth-order valence-electron chi connectivity index (χ4n) is 1.77. The van der Waals surface area contributed by atoms with Crippen LogP contribution in [0.2, 0.25) is 0 Å². The van der Waals surface area contributed by atoms with E-state index in [1.165, 1.54) is 0 Å². The Morgan fingerprint density at radius 3 is 1.75 bits per heavy atom. The number of nitrogens with zero attached hydrogens (tertiary/aromatic N) is 1. The third kappa shape index (κ3) is 12.1. The van der Waals surface area contributed by atoms with Crippen LogP contribution in [0, 0.1) is 0 Å². The molecule has 0 bridgehead atoms. The van der Waals surface area contributed by atoms with Gasteiger partial charge in [0, 0.05) is 6.54 Å². The zero-order valence-corrected chi connectivity index (χ0v) is 16.1. The van der Waals surface area contributed by atoms with Crippen LogP contribution in [0.15, 0.2) is 0 Å². The van der Waals surface area contributed by atoms with E-state index in [1.54, 1.807) is 41.5 Å². The monoisotopic (exact) mass is 345 g/mol. The van der Waals surface area contributed by atoms with Crippen LogP contribution in [0.1, 0.15) is 60.8 Å². The van der Waals surface area contributed by atoms with Crippen LogP contribution in [0.25, 0.3) is 0 Å². The number of nitrogens with one attached hydrogen (secondary N) is 1. The zero-order valence-electron chi connectivity index (χ0n) is 16.1. The lowest BCUT2D eigenvalue weighted by Crippen LogP contribution is -2.44. The third-order valence-corrected chi connectivity index (χ3v) is 2.77. The summed E-state index contributed by atoms with van der Waals surface area (Å²) in [5.41, 5.74) is 4.10. The van der Waals surface area contributed by atoms with Gasteiger partial charge in [0.15, 0.2) is 0 Å². The number of unbranched alkanes of at least 4 members (excludes halogenated alkanes) is 1. The van der Waals surface area contributed by atoms with Crippen molar-refractivity contribution in [3.05, 3.63) is 0 Å². The minimum atomic E-state index is -0.681. The highest BCUT2D eigenvalue weighted by molar-refractivity contribution is 5.88. The van der Waals surface area contributed by atoms with E-state index in [9.17, 15) is 9.59 Å². The van der Waals surface area contributed by atoms with Crippen molar-refractivity contribution in [1.29, 1.82) is 0 Å². The lowest BCUT2D eigenvalue weighted by Gasteiger charge is -2.28. The first-order chi connectivity index (χ1) is 11.0. The summed E-state index contributed by atoms with van der Waals surface area (Å²) in [5, 5.41) is 3.26. The Labute approximate surface area is 146 Å². The molecule has 0 saturated heterocycles. The van der Waals surface area contributed by atoms with Crippen LogP contribution in [-0.4, -0.2) is 54.5 Å². The molecule has 7 nitrogen and oxygen atoms in total. The summed E-state index contributed by atoms with van der Waals surface area (Å²) in [6, 6.07) is 0. The Bertz CT molecular complexity index is 358. The highest BCUT2D eigenvalue weighted by Gasteiger charge is 2.30. The number of carbonyl (C=O) groups is 2. The van der Waals surface area contributed by atoms with Crippen molar-refractivity contribution in [3.63, 3.8) is 0 Å². The molecule has 3 N–H and O–H groups in total. The molecule has 0 aromatic rings. The number of hydrogen-bond donors (Lipinski definition) is 2. The van der Waals surface area contributed by atoms with Gasteiger partial charge in [-0.3, -0.25) is 0 Å². The Hall–Kier alpha value is -1.34. The van der Waals surface area contributed by atoms with Gasteiger partial charge in [-0.05, 0) is 80.4 Å². The average Bonchev–Trinajstić information content (AvgIpc) is 2.37. The topological polar surface area (TPSA) is 93.9 Å². The largest absolute Gasteiger partial charge is 0.443 e. The second-order valence-corrected chi connectivity index (χ2v) is 7.71. The summed E-state index contributed by atoms with van der Waals surface area (Å²) in [6.07, 6.45) is 1.26. The molecule has 0 radical (unpaired) electrons. The number of nitrogens with two attached hydrogens (primary N) is 1. The van der Waals surface area contributed by atoms with Gasteiger partial charge < -0.3 is 20.5 Å². The smallest absolute Gasteiger partial charge is 0.419 e. The standard InChI is InChI=1S/C17H35N3O4/c1-16(2,3)23-14(21)20(15(22)24-17(4,5)6)13-9-12-19-11-8-7-10-18/h19H,7-13,18H2,1-6H3. The van der Waals surface area contributed by atoms with Gasteiger partial charge in [-0.1, -0.05) is 0 Å². The van der Waals surface area contributed by atoms with Gasteiger partial charge in [-0.2, -0.15) is 0 Å². The summed E-state index contributed by atoms with van der Waals surface area (Å²) in [7, 11) is 0. The maximum atomic E-state index is 12.3. The number of amides is 2. The summed E-state index contributed by atoms with van der Waals surface area (Å²) in [4.78, 5) is 25.5. The number of rotatable bonds is 8. The van der Waals surface area contributed by atoms with Crippen LogP contribution in [0.5, 0.6) is 0 Å². The molecule has 0 fully saturated rings. The van der Waals surface area contributed by atoms with Crippen molar-refractivity contribution in [2.24, 2.45) is 5.73 Å². The highest BCUT2D eigenvalue weighted by atomic mass is 16.6. The lowest BCUT2D eigenvalue weighted by atomic mass is 10.2. The number of imide groups is 1. The van der Waals surface area contributed by atoms with E-state index >= 15 is 0 Å². The highest BCUT2D eigenvalue weighted by Crippen LogP contribution is 2.14. The Morgan fingerprint density at radius 2 is 1.33 bits per heavy atom. The van der Waals surface area contributed by atoms with Gasteiger partial charge in [-0.15, -0.1) is 0 Å². The van der Waals surface area contributed by atoms with E-state index in [0.717, 1.165) is 24.3 Å². The average molecular weight is 345 g/mol. The predicted octanol–water partition coefficient (Wildman–Crippen LogP) is 2.88. The van der Waals surface area contributed by atoms with Crippen LogP contribution in [0.4, 0.5) is 9.59 Å². The maximum absolute atomic E-state index is 12.3. The van der Waals surface area contributed by atoms with Crippen molar-refractivity contribution in [3.8, 4) is 0 Å². The summed E-state index contributed by atoms with van der Waals surface area (Å²) in [6.45, 7) is 13.1. The minimum Gasteiger partial charge on any atom is -0.443 e. The number of hydrogen-bond acceptors (Lipinski definition) is 6. The minimum absolute atomic E-state index is 0.244. The van der Waals surface area contributed by atoms with E-state index in [-0.39, 0.29) is 6.54 Å². The molecular formula is C17H35N3O4. The Balaban J connectivity index is 4.53. The Kier molecular flexibility index (Phi) is 9.92. The van der Waals surface area contributed by atoms with Gasteiger partial charge in [0.25, 0.3) is 0 Å². The molecular weight excluding hydrogens is 310 g/mol. The fourth-order valence-corrected chi connectivity index (χ4v) is 1.77. The molecule has 7 heteroatoms. The van der Waals surface area contributed by atoms with E-state index in [2.05, 4.69) is 5.32 Å². The van der Waals surface area contributed by atoms with Crippen LogP contribution in [0.3, 0.4) is 0 Å². The normalized spacial score (nSPS) is 12.0. The molecule has 2 amide bonds. The molecule has 142 valence electrons. The predicted molar refractivity (Wildman–Crippen MR) is 94.9 cm³/mol. The molecule has 0 atom stereocenters. The maximum Gasteiger partial charge on any atom is 0.419 e. The van der Waals surface area contributed by atoms with Crippen molar-refractivity contribution in [2.75, 3.05) is 26.2 Å². The molecule has 0 aromatic carbocycles. The number of ether oxygens (including phenoxy) is 2. The second kappa shape index (κ2) is 10.5. The van der Waals surface area contributed by atoms with Gasteiger partial charge in [-0.25, -0.2) is 14.5 Å². The zero-order chi connectivity index (χ0) is 18.8. The molecule has 0 unspecified atom stereocenters. The van der Waals surface area contributed by atoms with Gasteiger partial charge in [0.1, 0.15) is 11.2 Å². The van der Waals surface area contributed by atoms with Crippen LogP contribution < -0.4 is 11.1 Å². The van der Waals surface area contributed by atoms with Gasteiger partial charge >= 0.3 is 12.2 Å². The molecule has 0 aliphatic rings. The van der Waals surface area contributed by atoms with Gasteiger partial charge in [0.2, 0.25) is 0 Å². The summed E-state index contributed by atoms with van der Waals surface area (Å²) >= 11 is 0.